The van der Waals surface area contributed by atoms with E-state index in [1.807, 2.05) is 0 Å². The van der Waals surface area contributed by atoms with Crippen LogP contribution in [0.5, 0.6) is 0 Å². The van der Waals surface area contributed by atoms with E-state index in [2.05, 4.69) is 10.3 Å². The summed E-state index contributed by atoms with van der Waals surface area (Å²) in [7, 11) is 1.60. The number of aromatic nitrogens is 1. The van der Waals surface area contributed by atoms with Gasteiger partial charge in [-0.1, -0.05) is 0 Å². The van der Waals surface area contributed by atoms with Crippen LogP contribution in [0.4, 0.5) is 11.5 Å². The van der Waals surface area contributed by atoms with Gasteiger partial charge in [-0.15, -0.1) is 0 Å². The van der Waals surface area contributed by atoms with E-state index in [0.717, 1.165) is 0 Å². The number of nitrogens with two attached hydrogens (primary N) is 2. The molecule has 1 aromatic rings. The van der Waals surface area contributed by atoms with Gasteiger partial charge >= 0.3 is 0 Å². The van der Waals surface area contributed by atoms with Gasteiger partial charge in [0, 0.05) is 13.7 Å². The molecule has 82 valence electrons. The van der Waals surface area contributed by atoms with Crippen molar-refractivity contribution in [2.45, 2.75) is 0 Å². The minimum Gasteiger partial charge on any atom is -0.396 e. The van der Waals surface area contributed by atoms with E-state index >= 15 is 0 Å². The topological polar surface area (TPSA) is 103 Å². The molecule has 0 unspecified atom stereocenters. The molecule has 15 heavy (non-hydrogen) atoms. The third kappa shape index (κ3) is 3.10. The fraction of sp³-hybridized carbons (Fsp3) is 0.333. The number of ether oxygens (including phenoxy) is 1. The summed E-state index contributed by atoms with van der Waals surface area (Å²) in [6.45, 7) is 1.10. The molecule has 5 N–H and O–H groups in total. The number of nitrogens with one attached hydrogen (secondary N) is 1. The van der Waals surface area contributed by atoms with E-state index in [1.54, 1.807) is 13.2 Å². The molecular formula is C9H14N4O2. The summed E-state index contributed by atoms with van der Waals surface area (Å²) in [4.78, 5) is 14.8. The third-order valence-corrected chi connectivity index (χ3v) is 1.78. The molecule has 0 radical (unpaired) electrons. The number of methoxy groups -OCH3 is 1. The smallest absolute Gasteiger partial charge is 0.267 e. The molecule has 1 heterocycles. The number of hydrogen-bond donors (Lipinski definition) is 3. The monoisotopic (exact) mass is 210 g/mol. The Morgan fingerprint density at radius 2 is 2.33 bits per heavy atom. The number of nitrogens with zero attached hydrogens (tertiary/aromatic N) is 1. The van der Waals surface area contributed by atoms with Crippen molar-refractivity contribution in [3.05, 3.63) is 17.8 Å². The van der Waals surface area contributed by atoms with Gasteiger partial charge in [0.15, 0.2) is 0 Å². The molecule has 0 spiro atoms. The van der Waals surface area contributed by atoms with Crippen molar-refractivity contribution in [1.29, 1.82) is 0 Å². The number of anilines is 2. The second-order valence-electron chi connectivity index (χ2n) is 2.92. The van der Waals surface area contributed by atoms with Crippen LogP contribution in [0.2, 0.25) is 0 Å². The Balaban J connectivity index is 2.76. The Morgan fingerprint density at radius 1 is 1.60 bits per heavy atom. The predicted molar refractivity (Wildman–Crippen MR) is 57.5 cm³/mol. The van der Waals surface area contributed by atoms with Crippen LogP contribution in [0, 0.1) is 0 Å². The number of carbonyl (C=O) groups excluding carboxylic acids is 1. The highest BCUT2D eigenvalue weighted by molar-refractivity contribution is 5.91. The Morgan fingerprint density at radius 3 is 2.93 bits per heavy atom. The summed E-state index contributed by atoms with van der Waals surface area (Å²) in [6, 6.07) is 3.07. The molecule has 0 aliphatic heterocycles. The van der Waals surface area contributed by atoms with Crippen molar-refractivity contribution in [2.75, 3.05) is 31.3 Å². The zero-order chi connectivity index (χ0) is 11.3. The van der Waals surface area contributed by atoms with Gasteiger partial charge < -0.3 is 21.5 Å². The first-order chi connectivity index (χ1) is 7.15. The summed E-state index contributed by atoms with van der Waals surface area (Å²) < 4.78 is 4.86. The van der Waals surface area contributed by atoms with Crippen LogP contribution in [0.3, 0.4) is 0 Å². The van der Waals surface area contributed by atoms with Crippen LogP contribution in [0.1, 0.15) is 10.5 Å². The predicted octanol–water partition coefficient (Wildman–Crippen LogP) is -0.179. The van der Waals surface area contributed by atoms with Crippen molar-refractivity contribution < 1.29 is 9.53 Å². The Labute approximate surface area is 87.6 Å². The van der Waals surface area contributed by atoms with Crippen molar-refractivity contribution in [1.82, 2.24) is 4.98 Å². The molecule has 6 heteroatoms. The fourth-order valence-electron chi connectivity index (χ4n) is 1.02. The summed E-state index contributed by atoms with van der Waals surface area (Å²) in [5.41, 5.74) is 11.4. The summed E-state index contributed by atoms with van der Waals surface area (Å²) in [5.74, 6) is -0.131. The standard InChI is InChI=1S/C9H14N4O2/c1-15-5-4-12-9-6(10)2-3-7(13-9)8(11)14/h2-3H,4-5,10H2,1H3,(H2,11,14)(H,12,13). The number of pyridine rings is 1. The van der Waals surface area contributed by atoms with E-state index < -0.39 is 5.91 Å². The van der Waals surface area contributed by atoms with Crippen LogP contribution >= 0.6 is 0 Å². The highest BCUT2D eigenvalue weighted by atomic mass is 16.5. The molecule has 0 bridgehead atoms. The average molecular weight is 210 g/mol. The first-order valence-electron chi connectivity index (χ1n) is 4.44. The van der Waals surface area contributed by atoms with Crippen LogP contribution in [0.15, 0.2) is 12.1 Å². The maximum Gasteiger partial charge on any atom is 0.267 e. The van der Waals surface area contributed by atoms with Gasteiger partial charge in [0.05, 0.1) is 12.3 Å². The second-order valence-corrected chi connectivity index (χ2v) is 2.92. The minimum absolute atomic E-state index is 0.184. The third-order valence-electron chi connectivity index (χ3n) is 1.78. The van der Waals surface area contributed by atoms with Crippen molar-refractivity contribution in [3.8, 4) is 0 Å². The summed E-state index contributed by atoms with van der Waals surface area (Å²) >= 11 is 0. The van der Waals surface area contributed by atoms with Gasteiger partial charge in [0.1, 0.15) is 11.5 Å². The van der Waals surface area contributed by atoms with Crippen molar-refractivity contribution in [2.24, 2.45) is 5.73 Å². The van der Waals surface area contributed by atoms with Crippen LogP contribution in [-0.2, 0) is 4.74 Å². The molecule has 1 amide bonds. The molecular weight excluding hydrogens is 196 g/mol. The molecule has 0 aliphatic rings. The van der Waals surface area contributed by atoms with E-state index in [0.29, 0.717) is 24.7 Å². The Kier molecular flexibility index (Phi) is 3.87. The first-order valence-corrected chi connectivity index (χ1v) is 4.44. The first kappa shape index (κ1) is 11.3. The highest BCUT2D eigenvalue weighted by Crippen LogP contribution is 2.14. The number of carbonyl (C=O) groups is 1. The van der Waals surface area contributed by atoms with Gasteiger partial charge in [0.2, 0.25) is 0 Å². The Bertz CT molecular complexity index is 354. The van der Waals surface area contributed by atoms with Gasteiger partial charge in [-0.25, -0.2) is 4.98 Å². The highest BCUT2D eigenvalue weighted by Gasteiger charge is 2.06. The van der Waals surface area contributed by atoms with Gasteiger partial charge in [0.25, 0.3) is 5.91 Å². The zero-order valence-electron chi connectivity index (χ0n) is 8.49. The maximum absolute atomic E-state index is 10.9. The van der Waals surface area contributed by atoms with Crippen molar-refractivity contribution >= 4 is 17.4 Å². The molecule has 6 nitrogen and oxygen atoms in total. The molecule has 0 fully saturated rings. The average Bonchev–Trinajstić information content (AvgIpc) is 2.20. The van der Waals surface area contributed by atoms with E-state index in [-0.39, 0.29) is 5.69 Å². The number of rotatable bonds is 5. The lowest BCUT2D eigenvalue weighted by atomic mass is 10.3. The number of hydrogen-bond acceptors (Lipinski definition) is 5. The van der Waals surface area contributed by atoms with Crippen LogP contribution in [-0.4, -0.2) is 31.2 Å². The van der Waals surface area contributed by atoms with Gasteiger partial charge in [-0.3, -0.25) is 4.79 Å². The molecule has 0 aromatic carbocycles. The van der Waals surface area contributed by atoms with E-state index in [9.17, 15) is 4.79 Å². The minimum atomic E-state index is -0.579. The quantitative estimate of drug-likeness (QED) is 0.585. The molecule has 0 aliphatic carbocycles. The zero-order valence-corrected chi connectivity index (χ0v) is 8.49. The fourth-order valence-corrected chi connectivity index (χ4v) is 1.02. The van der Waals surface area contributed by atoms with Crippen LogP contribution in [0.25, 0.3) is 0 Å². The number of primary amides is 1. The van der Waals surface area contributed by atoms with Gasteiger partial charge in [-0.05, 0) is 12.1 Å². The lowest BCUT2D eigenvalue weighted by molar-refractivity contribution is 0.0996. The van der Waals surface area contributed by atoms with Crippen LogP contribution < -0.4 is 16.8 Å². The molecule has 1 aromatic heterocycles. The molecule has 0 saturated carbocycles. The SMILES string of the molecule is COCCNc1nc(C(N)=O)ccc1N. The Hall–Kier alpha value is -1.82. The lowest BCUT2D eigenvalue weighted by Crippen LogP contribution is -2.16. The van der Waals surface area contributed by atoms with E-state index in [1.165, 1.54) is 6.07 Å². The second kappa shape index (κ2) is 5.16. The summed E-state index contributed by atoms with van der Waals surface area (Å²) in [5, 5.41) is 2.94. The largest absolute Gasteiger partial charge is 0.396 e. The van der Waals surface area contributed by atoms with Crippen molar-refractivity contribution in [3.63, 3.8) is 0 Å². The number of nitrogen functional groups attached to an aromatic ring is 1. The molecule has 1 rings (SSSR count). The maximum atomic E-state index is 10.9. The molecule has 0 saturated heterocycles. The van der Waals surface area contributed by atoms with E-state index in [4.69, 9.17) is 16.2 Å². The molecule has 0 atom stereocenters. The normalized spacial score (nSPS) is 9.93. The summed E-state index contributed by atoms with van der Waals surface area (Å²) in [6.07, 6.45) is 0. The lowest BCUT2D eigenvalue weighted by Gasteiger charge is -2.08. The van der Waals surface area contributed by atoms with Gasteiger partial charge in [-0.2, -0.15) is 0 Å². The number of amides is 1.